The molecule has 1 amide bonds. The first-order valence-corrected chi connectivity index (χ1v) is 8.09. The van der Waals surface area contributed by atoms with Gasteiger partial charge >= 0.3 is 0 Å². The lowest BCUT2D eigenvalue weighted by Gasteiger charge is -2.23. The molecule has 0 saturated carbocycles. The van der Waals surface area contributed by atoms with Crippen LogP contribution in [0.1, 0.15) is 46.1 Å². The molecule has 2 N–H and O–H groups in total. The number of hydrogen-bond donors (Lipinski definition) is 2. The Balaban J connectivity index is 1.57. The first-order chi connectivity index (χ1) is 11.2. The Hall–Kier alpha value is -2.27. The van der Waals surface area contributed by atoms with Gasteiger partial charge < -0.3 is 10.6 Å². The molecule has 1 aliphatic heterocycles. The Morgan fingerprint density at radius 2 is 2.09 bits per heavy atom. The molecule has 0 bridgehead atoms. The Bertz CT molecular complexity index is 646. The number of carbonyl (C=O) groups is 1. The maximum Gasteiger partial charge on any atom is 0.251 e. The molecule has 5 nitrogen and oxygen atoms in total. The molecule has 1 atom stereocenters. The third kappa shape index (κ3) is 4.13. The van der Waals surface area contributed by atoms with Gasteiger partial charge in [-0.1, -0.05) is 12.1 Å². The molecule has 120 valence electrons. The van der Waals surface area contributed by atoms with Crippen LogP contribution in [0.15, 0.2) is 36.7 Å². The standard InChI is InChI=1S/C18H22N4O/c1-13-9-21-17(11-20-13)12-22-18(23)15-6-4-14(5-7-15)16-3-2-8-19-10-16/h4-7,9,11,16,19H,2-3,8,10,12H2,1H3,(H,22,23). The van der Waals surface area contributed by atoms with Gasteiger partial charge in [0, 0.05) is 18.3 Å². The maximum absolute atomic E-state index is 12.2. The van der Waals surface area contributed by atoms with E-state index in [1.807, 2.05) is 19.1 Å². The Morgan fingerprint density at radius 1 is 1.26 bits per heavy atom. The Labute approximate surface area is 136 Å². The molecule has 5 heteroatoms. The van der Waals surface area contributed by atoms with Crippen LogP contribution in [0.2, 0.25) is 0 Å². The van der Waals surface area contributed by atoms with Crippen molar-refractivity contribution < 1.29 is 4.79 Å². The van der Waals surface area contributed by atoms with Crippen LogP contribution in [0.3, 0.4) is 0 Å². The van der Waals surface area contributed by atoms with Gasteiger partial charge in [0.05, 0.1) is 24.1 Å². The van der Waals surface area contributed by atoms with Crippen molar-refractivity contribution in [3.05, 3.63) is 59.2 Å². The normalized spacial score (nSPS) is 17.7. The van der Waals surface area contributed by atoms with Crippen molar-refractivity contribution >= 4 is 5.91 Å². The van der Waals surface area contributed by atoms with E-state index in [9.17, 15) is 4.79 Å². The number of rotatable bonds is 4. The van der Waals surface area contributed by atoms with Crippen LogP contribution in [-0.4, -0.2) is 29.0 Å². The van der Waals surface area contributed by atoms with Crippen molar-refractivity contribution in [1.82, 2.24) is 20.6 Å². The first-order valence-electron chi connectivity index (χ1n) is 8.09. The van der Waals surface area contributed by atoms with Crippen molar-refractivity contribution in [3.63, 3.8) is 0 Å². The number of benzene rings is 1. The van der Waals surface area contributed by atoms with Crippen molar-refractivity contribution in [2.45, 2.75) is 32.2 Å². The van der Waals surface area contributed by atoms with E-state index in [0.29, 0.717) is 18.0 Å². The smallest absolute Gasteiger partial charge is 0.251 e. The lowest BCUT2D eigenvalue weighted by atomic mass is 9.91. The lowest BCUT2D eigenvalue weighted by molar-refractivity contribution is 0.0950. The van der Waals surface area contributed by atoms with Crippen molar-refractivity contribution in [2.24, 2.45) is 0 Å². The second-order valence-corrected chi connectivity index (χ2v) is 6.00. The number of nitrogens with zero attached hydrogens (tertiary/aromatic N) is 2. The summed E-state index contributed by atoms with van der Waals surface area (Å²) in [7, 11) is 0. The summed E-state index contributed by atoms with van der Waals surface area (Å²) in [4.78, 5) is 20.6. The van der Waals surface area contributed by atoms with Crippen molar-refractivity contribution in [2.75, 3.05) is 13.1 Å². The van der Waals surface area contributed by atoms with Crippen LogP contribution < -0.4 is 10.6 Å². The fourth-order valence-electron chi connectivity index (χ4n) is 2.83. The third-order valence-electron chi connectivity index (χ3n) is 4.21. The topological polar surface area (TPSA) is 66.9 Å². The van der Waals surface area contributed by atoms with Gasteiger partial charge in [-0.3, -0.25) is 14.8 Å². The molecule has 0 spiro atoms. The minimum atomic E-state index is -0.0827. The SMILES string of the molecule is Cc1cnc(CNC(=O)c2ccc(C3CCCNC3)cc2)cn1. The van der Waals surface area contributed by atoms with Gasteiger partial charge in [0.2, 0.25) is 0 Å². The average molecular weight is 310 g/mol. The Kier molecular flexibility index (Phi) is 4.98. The van der Waals surface area contributed by atoms with Crippen molar-refractivity contribution in [3.8, 4) is 0 Å². The van der Waals surface area contributed by atoms with E-state index in [1.54, 1.807) is 12.4 Å². The monoisotopic (exact) mass is 310 g/mol. The van der Waals surface area contributed by atoms with Gasteiger partial charge in [0.25, 0.3) is 5.91 Å². The molecule has 1 aromatic heterocycles. The van der Waals surface area contributed by atoms with Gasteiger partial charge in [0.1, 0.15) is 0 Å². The fourth-order valence-corrected chi connectivity index (χ4v) is 2.83. The number of piperidine rings is 1. The zero-order valence-corrected chi connectivity index (χ0v) is 13.4. The minimum Gasteiger partial charge on any atom is -0.346 e. The molecule has 1 aliphatic rings. The number of amides is 1. The van der Waals surface area contributed by atoms with Crippen LogP contribution in [-0.2, 0) is 6.54 Å². The van der Waals surface area contributed by atoms with Crippen LogP contribution in [0.5, 0.6) is 0 Å². The number of carbonyl (C=O) groups excluding carboxylic acids is 1. The van der Waals surface area contributed by atoms with E-state index in [0.717, 1.165) is 24.5 Å². The van der Waals surface area contributed by atoms with E-state index >= 15 is 0 Å². The van der Waals surface area contributed by atoms with Gasteiger partial charge in [-0.15, -0.1) is 0 Å². The van der Waals surface area contributed by atoms with E-state index in [1.165, 1.54) is 18.4 Å². The number of aryl methyl sites for hydroxylation is 1. The second-order valence-electron chi connectivity index (χ2n) is 6.00. The molecule has 2 aromatic rings. The molecule has 1 unspecified atom stereocenters. The Morgan fingerprint density at radius 3 is 2.74 bits per heavy atom. The molecule has 3 rings (SSSR count). The summed E-state index contributed by atoms with van der Waals surface area (Å²) in [5.74, 6) is 0.476. The van der Waals surface area contributed by atoms with Gasteiger partial charge in [-0.05, 0) is 49.9 Å². The second kappa shape index (κ2) is 7.33. The van der Waals surface area contributed by atoms with E-state index < -0.39 is 0 Å². The molecule has 23 heavy (non-hydrogen) atoms. The van der Waals surface area contributed by atoms with Gasteiger partial charge in [-0.2, -0.15) is 0 Å². The predicted octanol–water partition coefficient (Wildman–Crippen LogP) is 2.18. The van der Waals surface area contributed by atoms with Gasteiger partial charge in [0.15, 0.2) is 0 Å². The summed E-state index contributed by atoms with van der Waals surface area (Å²) in [6.45, 7) is 4.41. The number of hydrogen-bond acceptors (Lipinski definition) is 4. The highest BCUT2D eigenvalue weighted by atomic mass is 16.1. The van der Waals surface area contributed by atoms with E-state index in [2.05, 4.69) is 32.7 Å². The van der Waals surface area contributed by atoms with Crippen LogP contribution >= 0.6 is 0 Å². The highest BCUT2D eigenvalue weighted by Crippen LogP contribution is 2.23. The largest absolute Gasteiger partial charge is 0.346 e. The number of nitrogens with one attached hydrogen (secondary N) is 2. The maximum atomic E-state index is 12.2. The summed E-state index contributed by atoms with van der Waals surface area (Å²) in [5.41, 5.74) is 3.61. The highest BCUT2D eigenvalue weighted by Gasteiger charge is 2.15. The summed E-state index contributed by atoms with van der Waals surface area (Å²) in [5, 5.41) is 6.30. The van der Waals surface area contributed by atoms with Crippen LogP contribution in [0.25, 0.3) is 0 Å². The van der Waals surface area contributed by atoms with Crippen LogP contribution in [0, 0.1) is 6.92 Å². The minimum absolute atomic E-state index is 0.0827. The molecule has 1 saturated heterocycles. The highest BCUT2D eigenvalue weighted by molar-refractivity contribution is 5.94. The third-order valence-corrected chi connectivity index (χ3v) is 4.21. The van der Waals surface area contributed by atoms with Crippen molar-refractivity contribution in [1.29, 1.82) is 0 Å². The van der Waals surface area contributed by atoms with Gasteiger partial charge in [-0.25, -0.2) is 0 Å². The summed E-state index contributed by atoms with van der Waals surface area (Å²) in [6.07, 6.45) is 5.82. The van der Waals surface area contributed by atoms with E-state index in [4.69, 9.17) is 0 Å². The summed E-state index contributed by atoms with van der Waals surface area (Å²) < 4.78 is 0. The van der Waals surface area contributed by atoms with E-state index in [-0.39, 0.29) is 5.91 Å². The summed E-state index contributed by atoms with van der Waals surface area (Å²) in [6, 6.07) is 7.94. The first kappa shape index (κ1) is 15.6. The fraction of sp³-hybridized carbons (Fsp3) is 0.389. The zero-order valence-electron chi connectivity index (χ0n) is 13.4. The molecule has 1 aromatic carbocycles. The molecule has 1 fully saturated rings. The summed E-state index contributed by atoms with van der Waals surface area (Å²) >= 11 is 0. The zero-order chi connectivity index (χ0) is 16.1. The molecule has 2 heterocycles. The molecular formula is C18H22N4O. The molecule has 0 aliphatic carbocycles. The van der Waals surface area contributed by atoms with Crippen LogP contribution in [0.4, 0.5) is 0 Å². The molecule has 0 radical (unpaired) electrons. The quantitative estimate of drug-likeness (QED) is 0.908. The lowest BCUT2D eigenvalue weighted by Crippen LogP contribution is -2.28. The molecular weight excluding hydrogens is 288 g/mol. The average Bonchev–Trinajstić information content (AvgIpc) is 2.62. The predicted molar refractivity (Wildman–Crippen MR) is 89.2 cm³/mol. The number of aromatic nitrogens is 2.